The molecule has 1 aromatic carbocycles. The standard InChI is InChI=1S/C14H17NO2.ClH/c1-3-11-4-2-6-14(13(11)5-1)17-10-12-9-15-7-8-16-12;/h1-4,6,12,15H,5,7-10H2;1H. The first kappa shape index (κ1) is 13.4. The molecule has 98 valence electrons. The van der Waals surface area contributed by atoms with Gasteiger partial charge in [0.1, 0.15) is 18.5 Å². The summed E-state index contributed by atoms with van der Waals surface area (Å²) in [5.41, 5.74) is 2.58. The molecule has 0 aromatic heterocycles. The molecule has 1 aliphatic heterocycles. The van der Waals surface area contributed by atoms with Crippen LogP contribution in [0.1, 0.15) is 11.1 Å². The number of halogens is 1. The Morgan fingerprint density at radius 1 is 1.39 bits per heavy atom. The van der Waals surface area contributed by atoms with E-state index in [1.165, 1.54) is 11.1 Å². The van der Waals surface area contributed by atoms with Crippen LogP contribution in [-0.4, -0.2) is 32.4 Å². The Hall–Kier alpha value is -1.03. The van der Waals surface area contributed by atoms with Gasteiger partial charge in [-0.05, 0) is 18.1 Å². The van der Waals surface area contributed by atoms with Crippen LogP contribution < -0.4 is 10.1 Å². The molecule has 0 radical (unpaired) electrons. The Morgan fingerprint density at radius 3 is 3.17 bits per heavy atom. The first-order chi connectivity index (χ1) is 8.43. The third-order valence-electron chi connectivity index (χ3n) is 3.22. The topological polar surface area (TPSA) is 30.5 Å². The molecule has 0 saturated carbocycles. The third kappa shape index (κ3) is 2.86. The van der Waals surface area contributed by atoms with Crippen molar-refractivity contribution in [1.82, 2.24) is 5.32 Å². The molecule has 2 aliphatic rings. The van der Waals surface area contributed by atoms with Gasteiger partial charge in [-0.1, -0.05) is 24.3 Å². The predicted molar refractivity (Wildman–Crippen MR) is 74.5 cm³/mol. The number of nitrogens with one attached hydrogen (secondary N) is 1. The number of hydrogen-bond donors (Lipinski definition) is 1. The summed E-state index contributed by atoms with van der Waals surface area (Å²) in [6.07, 6.45) is 5.49. The SMILES string of the molecule is C1=Cc2cccc(OCC3CNCCO3)c2C1.Cl. The van der Waals surface area contributed by atoms with Crippen LogP contribution in [0.25, 0.3) is 6.08 Å². The fourth-order valence-corrected chi connectivity index (χ4v) is 2.31. The van der Waals surface area contributed by atoms with Crippen molar-refractivity contribution in [2.75, 3.05) is 26.3 Å². The molecule has 18 heavy (non-hydrogen) atoms. The van der Waals surface area contributed by atoms with Gasteiger partial charge in [0.05, 0.1) is 6.61 Å². The average molecular weight is 268 g/mol. The molecule has 1 saturated heterocycles. The second-order valence-electron chi connectivity index (χ2n) is 4.44. The summed E-state index contributed by atoms with van der Waals surface area (Å²) in [5.74, 6) is 1.00. The van der Waals surface area contributed by atoms with Crippen LogP contribution in [0.4, 0.5) is 0 Å². The van der Waals surface area contributed by atoms with Crippen molar-refractivity contribution in [1.29, 1.82) is 0 Å². The molecule has 1 aromatic rings. The summed E-state index contributed by atoms with van der Waals surface area (Å²) in [7, 11) is 0. The van der Waals surface area contributed by atoms with Gasteiger partial charge >= 0.3 is 0 Å². The Morgan fingerprint density at radius 2 is 2.33 bits per heavy atom. The number of morpholine rings is 1. The van der Waals surface area contributed by atoms with Crippen molar-refractivity contribution >= 4 is 18.5 Å². The lowest BCUT2D eigenvalue weighted by Crippen LogP contribution is -2.41. The maximum absolute atomic E-state index is 5.88. The van der Waals surface area contributed by atoms with Crippen LogP contribution >= 0.6 is 12.4 Å². The van der Waals surface area contributed by atoms with E-state index in [-0.39, 0.29) is 18.5 Å². The Labute approximate surface area is 114 Å². The molecular formula is C14H18ClNO2. The van der Waals surface area contributed by atoms with Gasteiger partial charge < -0.3 is 14.8 Å². The van der Waals surface area contributed by atoms with E-state index in [4.69, 9.17) is 9.47 Å². The zero-order chi connectivity index (χ0) is 11.5. The maximum Gasteiger partial charge on any atom is 0.123 e. The number of ether oxygens (including phenoxy) is 2. The summed E-state index contributed by atoms with van der Waals surface area (Å²) in [5, 5.41) is 3.31. The smallest absolute Gasteiger partial charge is 0.123 e. The largest absolute Gasteiger partial charge is 0.491 e. The number of benzene rings is 1. The van der Waals surface area contributed by atoms with Gasteiger partial charge in [0.25, 0.3) is 0 Å². The highest BCUT2D eigenvalue weighted by Gasteiger charge is 2.16. The van der Waals surface area contributed by atoms with E-state index in [2.05, 4.69) is 23.5 Å². The molecule has 1 fully saturated rings. The molecule has 1 atom stereocenters. The second kappa shape index (κ2) is 6.23. The van der Waals surface area contributed by atoms with Crippen LogP contribution in [0.2, 0.25) is 0 Å². The van der Waals surface area contributed by atoms with Gasteiger partial charge in [-0.2, -0.15) is 0 Å². The van der Waals surface area contributed by atoms with Gasteiger partial charge in [-0.15, -0.1) is 12.4 Å². The van der Waals surface area contributed by atoms with Gasteiger partial charge in [0.15, 0.2) is 0 Å². The van der Waals surface area contributed by atoms with E-state index >= 15 is 0 Å². The minimum Gasteiger partial charge on any atom is -0.491 e. The fraction of sp³-hybridized carbons (Fsp3) is 0.429. The zero-order valence-electron chi connectivity index (χ0n) is 10.2. The van der Waals surface area contributed by atoms with Crippen molar-refractivity contribution < 1.29 is 9.47 Å². The van der Waals surface area contributed by atoms with Crippen LogP contribution in [0.3, 0.4) is 0 Å². The van der Waals surface area contributed by atoms with E-state index in [0.29, 0.717) is 6.61 Å². The number of hydrogen-bond acceptors (Lipinski definition) is 3. The number of fused-ring (bicyclic) bond motifs is 1. The van der Waals surface area contributed by atoms with E-state index < -0.39 is 0 Å². The predicted octanol–water partition coefficient (Wildman–Crippen LogP) is 2.04. The van der Waals surface area contributed by atoms with Crippen molar-refractivity contribution in [2.24, 2.45) is 0 Å². The highest BCUT2D eigenvalue weighted by Crippen LogP contribution is 2.28. The molecule has 1 N–H and O–H groups in total. The molecule has 3 nitrogen and oxygen atoms in total. The molecule has 0 bridgehead atoms. The van der Waals surface area contributed by atoms with Crippen LogP contribution in [-0.2, 0) is 11.2 Å². The Bertz CT molecular complexity index is 428. The van der Waals surface area contributed by atoms with Crippen molar-refractivity contribution in [2.45, 2.75) is 12.5 Å². The number of allylic oxidation sites excluding steroid dienone is 1. The first-order valence-electron chi connectivity index (χ1n) is 6.17. The Balaban J connectivity index is 0.00000120. The average Bonchev–Trinajstić information content (AvgIpc) is 2.86. The zero-order valence-corrected chi connectivity index (χ0v) is 11.0. The summed E-state index contributed by atoms with van der Waals surface area (Å²) in [4.78, 5) is 0. The number of rotatable bonds is 3. The normalized spacial score (nSPS) is 21.2. The van der Waals surface area contributed by atoms with E-state index in [1.54, 1.807) is 0 Å². The van der Waals surface area contributed by atoms with Crippen molar-refractivity contribution in [3.63, 3.8) is 0 Å². The lowest BCUT2D eigenvalue weighted by Gasteiger charge is -2.24. The minimum absolute atomic E-state index is 0. The Kier molecular flexibility index (Phi) is 4.64. The molecule has 1 aliphatic carbocycles. The van der Waals surface area contributed by atoms with Crippen LogP contribution in [0.15, 0.2) is 24.3 Å². The highest BCUT2D eigenvalue weighted by molar-refractivity contribution is 5.85. The monoisotopic (exact) mass is 267 g/mol. The molecule has 0 amide bonds. The summed E-state index contributed by atoms with van der Waals surface area (Å²) in [6, 6.07) is 6.22. The minimum atomic E-state index is 0. The summed E-state index contributed by atoms with van der Waals surface area (Å²) >= 11 is 0. The van der Waals surface area contributed by atoms with E-state index in [0.717, 1.165) is 31.9 Å². The summed E-state index contributed by atoms with van der Waals surface area (Å²) < 4.78 is 11.5. The first-order valence-corrected chi connectivity index (χ1v) is 6.17. The van der Waals surface area contributed by atoms with Crippen LogP contribution in [0, 0.1) is 0 Å². The lowest BCUT2D eigenvalue weighted by molar-refractivity contribution is 0.0000403. The molecule has 0 spiro atoms. The molecule has 1 unspecified atom stereocenters. The van der Waals surface area contributed by atoms with Gasteiger partial charge in [0.2, 0.25) is 0 Å². The fourth-order valence-electron chi connectivity index (χ4n) is 2.31. The van der Waals surface area contributed by atoms with Gasteiger partial charge in [-0.25, -0.2) is 0 Å². The molecule has 4 heteroatoms. The lowest BCUT2D eigenvalue weighted by atomic mass is 10.1. The quantitative estimate of drug-likeness (QED) is 0.909. The molecule has 1 heterocycles. The van der Waals surface area contributed by atoms with E-state index in [9.17, 15) is 0 Å². The summed E-state index contributed by atoms with van der Waals surface area (Å²) in [6.45, 7) is 3.24. The maximum atomic E-state index is 5.88. The van der Waals surface area contributed by atoms with Crippen molar-refractivity contribution in [3.8, 4) is 5.75 Å². The van der Waals surface area contributed by atoms with E-state index in [1.807, 2.05) is 12.1 Å². The van der Waals surface area contributed by atoms with Gasteiger partial charge in [-0.3, -0.25) is 0 Å². The van der Waals surface area contributed by atoms with Gasteiger partial charge in [0, 0.05) is 18.7 Å². The van der Waals surface area contributed by atoms with Crippen LogP contribution in [0.5, 0.6) is 5.75 Å². The highest BCUT2D eigenvalue weighted by atomic mass is 35.5. The molecular weight excluding hydrogens is 250 g/mol. The third-order valence-corrected chi connectivity index (χ3v) is 3.22. The molecule has 3 rings (SSSR count). The second-order valence-corrected chi connectivity index (χ2v) is 4.44. The van der Waals surface area contributed by atoms with Crippen molar-refractivity contribution in [3.05, 3.63) is 35.4 Å².